The number of benzene rings is 1. The number of rotatable bonds is 4. The van der Waals surface area contributed by atoms with Gasteiger partial charge in [0.15, 0.2) is 5.13 Å². The van der Waals surface area contributed by atoms with Crippen molar-refractivity contribution < 1.29 is 9.59 Å². The van der Waals surface area contributed by atoms with Crippen LogP contribution in [0.25, 0.3) is 10.9 Å². The van der Waals surface area contributed by atoms with Crippen molar-refractivity contribution in [3.63, 3.8) is 0 Å². The molecule has 1 atom stereocenters. The van der Waals surface area contributed by atoms with Crippen LogP contribution >= 0.6 is 11.3 Å². The van der Waals surface area contributed by atoms with Gasteiger partial charge < -0.3 is 4.90 Å². The normalized spacial score (nSPS) is 15.9. The quantitative estimate of drug-likeness (QED) is 0.533. The summed E-state index contributed by atoms with van der Waals surface area (Å²) in [5.41, 5.74) is 2.44. The number of carbonyl (C=O) groups is 2. The van der Waals surface area contributed by atoms with Crippen LogP contribution in [0.3, 0.4) is 0 Å². The van der Waals surface area contributed by atoms with Crippen molar-refractivity contribution in [1.29, 1.82) is 0 Å². The summed E-state index contributed by atoms with van der Waals surface area (Å²) < 4.78 is 0. The first-order chi connectivity index (χ1) is 15.2. The van der Waals surface area contributed by atoms with Crippen LogP contribution in [0.1, 0.15) is 38.9 Å². The average molecular weight is 430 g/mol. The van der Waals surface area contributed by atoms with Crippen LogP contribution in [0, 0.1) is 0 Å². The Labute approximate surface area is 182 Å². The second-order valence-electron chi connectivity index (χ2n) is 7.23. The molecule has 0 bridgehead atoms. The lowest BCUT2D eigenvalue weighted by molar-refractivity contribution is 0.0784. The Balaban J connectivity index is 1.44. The largest absolute Gasteiger partial charge is 0.337 e. The fraction of sp³-hybridized carbons (Fsp3) is 0.182. The number of amides is 2. The molecule has 0 radical (unpaired) electrons. The van der Waals surface area contributed by atoms with E-state index in [2.05, 4.69) is 20.3 Å². The van der Waals surface area contributed by atoms with E-state index in [1.807, 2.05) is 35.7 Å². The minimum Gasteiger partial charge on any atom is -0.337 e. The van der Waals surface area contributed by atoms with E-state index in [0.717, 1.165) is 23.0 Å². The van der Waals surface area contributed by atoms with Crippen molar-refractivity contribution in [2.75, 3.05) is 18.4 Å². The van der Waals surface area contributed by atoms with Gasteiger partial charge in [-0.25, -0.2) is 9.97 Å². The summed E-state index contributed by atoms with van der Waals surface area (Å²) in [6.07, 6.45) is 6.95. The van der Waals surface area contributed by atoms with Crippen LogP contribution in [0.4, 0.5) is 5.13 Å². The summed E-state index contributed by atoms with van der Waals surface area (Å²) in [7, 11) is 0. The Kier molecular flexibility index (Phi) is 5.09. The highest BCUT2D eigenvalue weighted by Crippen LogP contribution is 2.30. The van der Waals surface area contributed by atoms with Crippen LogP contribution in [0.5, 0.6) is 0 Å². The van der Waals surface area contributed by atoms with Gasteiger partial charge in [0.2, 0.25) is 0 Å². The smallest absolute Gasteiger partial charge is 0.274 e. The molecule has 4 heterocycles. The first-order valence-electron chi connectivity index (χ1n) is 9.85. The first kappa shape index (κ1) is 19.3. The van der Waals surface area contributed by atoms with Crippen molar-refractivity contribution in [1.82, 2.24) is 24.8 Å². The molecule has 5 rings (SSSR count). The SMILES string of the molecule is O=C(Nc1nccs1)c1cc(C2CCN(C(=O)c3cnccn3)C2)nc2ccccc12. The molecule has 31 heavy (non-hydrogen) atoms. The molecule has 9 heteroatoms. The van der Waals surface area contributed by atoms with Gasteiger partial charge >= 0.3 is 0 Å². The summed E-state index contributed by atoms with van der Waals surface area (Å²) in [5, 5.41) is 6.00. The molecule has 1 fully saturated rings. The van der Waals surface area contributed by atoms with Gasteiger partial charge in [-0.05, 0) is 18.6 Å². The Hall–Kier alpha value is -3.72. The summed E-state index contributed by atoms with van der Waals surface area (Å²) in [4.78, 5) is 44.5. The number of nitrogens with one attached hydrogen (secondary N) is 1. The van der Waals surface area contributed by atoms with E-state index in [1.54, 1.807) is 17.3 Å². The minimum atomic E-state index is -0.222. The molecule has 3 aromatic heterocycles. The second kappa shape index (κ2) is 8.19. The van der Waals surface area contributed by atoms with Gasteiger partial charge in [-0.2, -0.15) is 0 Å². The number of para-hydroxylation sites is 1. The Morgan fingerprint density at radius 3 is 2.84 bits per heavy atom. The lowest BCUT2D eigenvalue weighted by atomic mass is 9.99. The topological polar surface area (TPSA) is 101 Å². The van der Waals surface area contributed by atoms with E-state index in [-0.39, 0.29) is 17.7 Å². The maximum atomic E-state index is 13.0. The number of fused-ring (bicyclic) bond motifs is 1. The van der Waals surface area contributed by atoms with Gasteiger partial charge in [-0.1, -0.05) is 18.2 Å². The van der Waals surface area contributed by atoms with Crippen LogP contribution in [0.15, 0.2) is 60.5 Å². The molecule has 4 aromatic rings. The van der Waals surface area contributed by atoms with E-state index < -0.39 is 0 Å². The lowest BCUT2D eigenvalue weighted by Crippen LogP contribution is -2.29. The van der Waals surface area contributed by atoms with E-state index in [9.17, 15) is 9.59 Å². The number of carbonyl (C=O) groups excluding carboxylic acids is 2. The molecule has 1 aliphatic rings. The molecule has 2 amide bonds. The fourth-order valence-electron chi connectivity index (χ4n) is 3.80. The number of hydrogen-bond acceptors (Lipinski definition) is 7. The van der Waals surface area contributed by atoms with Gasteiger partial charge in [0.05, 0.1) is 17.3 Å². The predicted molar refractivity (Wildman–Crippen MR) is 117 cm³/mol. The van der Waals surface area contributed by atoms with Crippen molar-refractivity contribution in [2.45, 2.75) is 12.3 Å². The minimum absolute atomic E-state index is 0.0386. The fourth-order valence-corrected chi connectivity index (χ4v) is 4.32. The molecule has 154 valence electrons. The molecular weight excluding hydrogens is 412 g/mol. The van der Waals surface area contributed by atoms with E-state index in [1.165, 1.54) is 23.7 Å². The molecule has 1 saturated heterocycles. The van der Waals surface area contributed by atoms with Crippen molar-refractivity contribution in [3.05, 3.63) is 77.5 Å². The number of anilines is 1. The Morgan fingerprint density at radius 1 is 1.13 bits per heavy atom. The van der Waals surface area contributed by atoms with E-state index in [0.29, 0.717) is 29.5 Å². The van der Waals surface area contributed by atoms with Crippen molar-refractivity contribution in [3.8, 4) is 0 Å². The highest BCUT2D eigenvalue weighted by atomic mass is 32.1. The number of thiazole rings is 1. The Morgan fingerprint density at radius 2 is 2.03 bits per heavy atom. The molecule has 1 aliphatic heterocycles. The molecule has 8 nitrogen and oxygen atoms in total. The zero-order chi connectivity index (χ0) is 21.2. The third-order valence-electron chi connectivity index (χ3n) is 5.31. The van der Waals surface area contributed by atoms with Gasteiger partial charge in [-0.3, -0.25) is 24.9 Å². The summed E-state index contributed by atoms with van der Waals surface area (Å²) >= 11 is 1.37. The summed E-state index contributed by atoms with van der Waals surface area (Å²) in [6, 6.07) is 9.42. The predicted octanol–water partition coefficient (Wildman–Crippen LogP) is 3.36. The third kappa shape index (κ3) is 3.87. The number of nitrogens with zero attached hydrogens (tertiary/aromatic N) is 5. The molecule has 0 aliphatic carbocycles. The second-order valence-corrected chi connectivity index (χ2v) is 8.13. The van der Waals surface area contributed by atoms with Crippen LogP contribution < -0.4 is 5.32 Å². The summed E-state index contributed by atoms with van der Waals surface area (Å²) in [5.74, 6) is -0.324. The number of likely N-dealkylation sites (tertiary alicyclic amines) is 1. The maximum Gasteiger partial charge on any atom is 0.274 e. The molecule has 1 aromatic carbocycles. The van der Waals surface area contributed by atoms with E-state index in [4.69, 9.17) is 4.98 Å². The molecule has 0 saturated carbocycles. The highest BCUT2D eigenvalue weighted by molar-refractivity contribution is 7.13. The summed E-state index contributed by atoms with van der Waals surface area (Å²) in [6.45, 7) is 1.13. The number of aromatic nitrogens is 4. The monoisotopic (exact) mass is 430 g/mol. The third-order valence-corrected chi connectivity index (χ3v) is 6.00. The highest BCUT2D eigenvalue weighted by Gasteiger charge is 2.30. The van der Waals surface area contributed by atoms with Crippen molar-refractivity contribution in [2.24, 2.45) is 0 Å². The van der Waals surface area contributed by atoms with E-state index >= 15 is 0 Å². The van der Waals surface area contributed by atoms with Crippen LogP contribution in [-0.2, 0) is 0 Å². The number of pyridine rings is 1. The standard InChI is InChI=1S/C22H18N6O2S/c29-20(27-22-25-8-10-31-22)16-11-18(26-17-4-2-1-3-15(16)17)14-5-9-28(13-14)21(30)19-12-23-6-7-24-19/h1-4,6-8,10-12,14H,5,9,13H2,(H,25,27,29). The maximum absolute atomic E-state index is 13.0. The van der Waals surface area contributed by atoms with Crippen LogP contribution in [0.2, 0.25) is 0 Å². The first-order valence-corrected chi connectivity index (χ1v) is 10.7. The van der Waals surface area contributed by atoms with Crippen LogP contribution in [-0.4, -0.2) is 49.7 Å². The molecule has 1 N–H and O–H groups in total. The molecule has 0 spiro atoms. The van der Waals surface area contributed by atoms with Gasteiger partial charge in [-0.15, -0.1) is 11.3 Å². The zero-order valence-electron chi connectivity index (χ0n) is 16.4. The van der Waals surface area contributed by atoms with Crippen molar-refractivity contribution >= 4 is 39.2 Å². The Bertz CT molecular complexity index is 1250. The zero-order valence-corrected chi connectivity index (χ0v) is 17.2. The number of hydrogen-bond donors (Lipinski definition) is 1. The van der Waals surface area contributed by atoms with Gasteiger partial charge in [0.25, 0.3) is 11.8 Å². The molecule has 1 unspecified atom stereocenters. The molecular formula is C22H18N6O2S. The lowest BCUT2D eigenvalue weighted by Gasteiger charge is -2.16. The average Bonchev–Trinajstić information content (AvgIpc) is 3.51. The van der Waals surface area contributed by atoms with Gasteiger partial charge in [0, 0.05) is 54.1 Å². The van der Waals surface area contributed by atoms with Gasteiger partial charge in [0.1, 0.15) is 5.69 Å².